The minimum Gasteiger partial charge on any atom is -0.390 e. The monoisotopic (exact) mass is 204 g/mol. The van der Waals surface area contributed by atoms with E-state index in [4.69, 9.17) is 0 Å². The average molecular weight is 204 g/mol. The quantitative estimate of drug-likeness (QED) is 0.728. The molecule has 2 aliphatic rings. The molecule has 0 spiro atoms. The Balaban J connectivity index is 1.87. The maximum absolute atomic E-state index is 9.87. The molecule has 0 radical (unpaired) electrons. The Morgan fingerprint density at radius 1 is 0.933 bits per heavy atom. The zero-order chi connectivity index (χ0) is 10.4. The van der Waals surface area contributed by atoms with Crippen LogP contribution in [0.2, 0.25) is 0 Å². The van der Waals surface area contributed by atoms with Gasteiger partial charge in [-0.25, -0.2) is 0 Å². The standard InChI is InChI=1S/C13H16O2/c14-12-9-6-10(11(7-9)13(12)15)8-4-2-1-3-5-8/h1-5,9-15H,6-7H2. The molecule has 2 aliphatic carbocycles. The third kappa shape index (κ3) is 1.32. The van der Waals surface area contributed by atoms with Gasteiger partial charge in [-0.1, -0.05) is 30.3 Å². The highest BCUT2D eigenvalue weighted by atomic mass is 16.3. The molecule has 15 heavy (non-hydrogen) atoms. The molecule has 5 atom stereocenters. The van der Waals surface area contributed by atoms with Gasteiger partial charge in [0.05, 0.1) is 12.2 Å². The minimum absolute atomic E-state index is 0.271. The summed E-state index contributed by atoms with van der Waals surface area (Å²) in [5, 5.41) is 19.6. The summed E-state index contributed by atoms with van der Waals surface area (Å²) >= 11 is 0. The first-order valence-corrected chi connectivity index (χ1v) is 5.68. The Hall–Kier alpha value is -0.860. The van der Waals surface area contributed by atoms with Gasteiger partial charge in [0, 0.05) is 0 Å². The van der Waals surface area contributed by atoms with Crippen molar-refractivity contribution in [1.82, 2.24) is 0 Å². The Morgan fingerprint density at radius 2 is 1.67 bits per heavy atom. The van der Waals surface area contributed by atoms with Crippen LogP contribution in [-0.2, 0) is 0 Å². The van der Waals surface area contributed by atoms with Gasteiger partial charge in [0.25, 0.3) is 0 Å². The summed E-state index contributed by atoms with van der Waals surface area (Å²) < 4.78 is 0. The van der Waals surface area contributed by atoms with Crippen molar-refractivity contribution in [2.45, 2.75) is 31.0 Å². The van der Waals surface area contributed by atoms with Crippen molar-refractivity contribution in [3.05, 3.63) is 35.9 Å². The third-order valence-electron chi connectivity index (χ3n) is 4.15. The van der Waals surface area contributed by atoms with Crippen LogP contribution in [0.5, 0.6) is 0 Å². The summed E-state index contributed by atoms with van der Waals surface area (Å²) in [5.74, 6) is 1.04. The first-order chi connectivity index (χ1) is 7.27. The van der Waals surface area contributed by atoms with Gasteiger partial charge < -0.3 is 10.2 Å². The van der Waals surface area contributed by atoms with Gasteiger partial charge in [-0.15, -0.1) is 0 Å². The lowest BCUT2D eigenvalue weighted by atomic mass is 9.81. The van der Waals surface area contributed by atoms with Crippen LogP contribution in [0, 0.1) is 11.8 Å². The van der Waals surface area contributed by atoms with Crippen molar-refractivity contribution in [3.8, 4) is 0 Å². The van der Waals surface area contributed by atoms with E-state index in [1.807, 2.05) is 18.2 Å². The molecule has 1 aromatic rings. The predicted molar refractivity (Wildman–Crippen MR) is 57.4 cm³/mol. The molecule has 2 N–H and O–H groups in total. The van der Waals surface area contributed by atoms with Crippen molar-refractivity contribution >= 4 is 0 Å². The molecular formula is C13H16O2. The second kappa shape index (κ2) is 3.32. The van der Waals surface area contributed by atoms with Crippen LogP contribution < -0.4 is 0 Å². The fraction of sp³-hybridized carbons (Fsp3) is 0.538. The molecule has 0 heterocycles. The van der Waals surface area contributed by atoms with Crippen molar-refractivity contribution in [2.24, 2.45) is 11.8 Å². The molecular weight excluding hydrogens is 188 g/mol. The zero-order valence-corrected chi connectivity index (χ0v) is 8.58. The van der Waals surface area contributed by atoms with Gasteiger partial charge in [-0.3, -0.25) is 0 Å². The van der Waals surface area contributed by atoms with Crippen LogP contribution in [0.1, 0.15) is 24.3 Å². The summed E-state index contributed by atoms with van der Waals surface area (Å²) in [4.78, 5) is 0. The van der Waals surface area contributed by atoms with Crippen LogP contribution in [0.3, 0.4) is 0 Å². The highest BCUT2D eigenvalue weighted by Gasteiger charge is 2.51. The van der Waals surface area contributed by atoms with Crippen LogP contribution in [0.15, 0.2) is 30.3 Å². The Morgan fingerprint density at radius 3 is 2.27 bits per heavy atom. The van der Waals surface area contributed by atoms with E-state index < -0.39 is 12.2 Å². The van der Waals surface area contributed by atoms with Crippen LogP contribution in [0.25, 0.3) is 0 Å². The summed E-state index contributed by atoms with van der Waals surface area (Å²) in [6.45, 7) is 0. The maximum atomic E-state index is 9.87. The molecule has 1 aromatic carbocycles. The smallest absolute Gasteiger partial charge is 0.0835 e. The molecule has 3 rings (SSSR count). The molecule has 2 fully saturated rings. The second-order valence-electron chi connectivity index (χ2n) is 4.89. The molecule has 0 saturated heterocycles. The van der Waals surface area contributed by atoms with E-state index in [9.17, 15) is 10.2 Å². The molecule has 2 saturated carbocycles. The summed E-state index contributed by atoms with van der Waals surface area (Å²) in [6, 6.07) is 10.4. The molecule has 80 valence electrons. The topological polar surface area (TPSA) is 40.5 Å². The SMILES string of the molecule is OC1C2CC(c3ccccc3)C(C2)C1O. The van der Waals surface area contributed by atoms with Crippen LogP contribution in [-0.4, -0.2) is 22.4 Å². The van der Waals surface area contributed by atoms with Gasteiger partial charge in [0.2, 0.25) is 0 Å². The van der Waals surface area contributed by atoms with Gasteiger partial charge >= 0.3 is 0 Å². The first-order valence-electron chi connectivity index (χ1n) is 5.68. The van der Waals surface area contributed by atoms with E-state index in [0.29, 0.717) is 11.8 Å². The third-order valence-corrected chi connectivity index (χ3v) is 4.15. The first kappa shape index (κ1) is 9.37. The van der Waals surface area contributed by atoms with E-state index in [-0.39, 0.29) is 5.92 Å². The Bertz CT molecular complexity index is 347. The Kier molecular flexibility index (Phi) is 2.08. The number of hydrogen-bond donors (Lipinski definition) is 2. The van der Waals surface area contributed by atoms with E-state index in [1.165, 1.54) is 5.56 Å². The number of aliphatic hydroxyl groups excluding tert-OH is 2. The number of benzene rings is 1. The number of aliphatic hydroxyl groups is 2. The number of fused-ring (bicyclic) bond motifs is 2. The molecule has 2 heteroatoms. The van der Waals surface area contributed by atoms with E-state index >= 15 is 0 Å². The van der Waals surface area contributed by atoms with Crippen molar-refractivity contribution in [3.63, 3.8) is 0 Å². The molecule has 5 unspecified atom stereocenters. The van der Waals surface area contributed by atoms with E-state index in [1.54, 1.807) is 0 Å². The summed E-state index contributed by atoms with van der Waals surface area (Å²) in [6.07, 6.45) is 1.04. The molecule has 2 bridgehead atoms. The Labute approximate surface area is 89.6 Å². The summed E-state index contributed by atoms with van der Waals surface area (Å²) in [7, 11) is 0. The van der Waals surface area contributed by atoms with Crippen LogP contribution >= 0.6 is 0 Å². The summed E-state index contributed by atoms with van der Waals surface area (Å²) in [5.41, 5.74) is 1.32. The lowest BCUT2D eigenvalue weighted by molar-refractivity contribution is -0.0226. The van der Waals surface area contributed by atoms with Crippen molar-refractivity contribution in [1.29, 1.82) is 0 Å². The van der Waals surface area contributed by atoms with E-state index in [2.05, 4.69) is 12.1 Å². The molecule has 0 aromatic heterocycles. The molecule has 0 amide bonds. The van der Waals surface area contributed by atoms with Gasteiger partial charge in [0.1, 0.15) is 0 Å². The molecule has 2 nitrogen and oxygen atoms in total. The molecule has 0 aliphatic heterocycles. The van der Waals surface area contributed by atoms with Crippen molar-refractivity contribution < 1.29 is 10.2 Å². The highest BCUT2D eigenvalue weighted by Crippen LogP contribution is 2.52. The number of hydrogen-bond acceptors (Lipinski definition) is 2. The maximum Gasteiger partial charge on any atom is 0.0835 e. The lowest BCUT2D eigenvalue weighted by Gasteiger charge is -2.30. The highest BCUT2D eigenvalue weighted by molar-refractivity contribution is 5.24. The van der Waals surface area contributed by atoms with E-state index in [0.717, 1.165) is 12.8 Å². The van der Waals surface area contributed by atoms with Gasteiger partial charge in [0.15, 0.2) is 0 Å². The zero-order valence-electron chi connectivity index (χ0n) is 8.58. The second-order valence-corrected chi connectivity index (χ2v) is 4.89. The van der Waals surface area contributed by atoms with Gasteiger partial charge in [-0.05, 0) is 36.2 Å². The predicted octanol–water partition coefficient (Wildman–Crippen LogP) is 1.53. The number of rotatable bonds is 1. The normalized spacial score (nSPS) is 43.5. The largest absolute Gasteiger partial charge is 0.390 e. The lowest BCUT2D eigenvalue weighted by Crippen LogP contribution is -2.35. The van der Waals surface area contributed by atoms with Gasteiger partial charge in [-0.2, -0.15) is 0 Å². The fourth-order valence-corrected chi connectivity index (χ4v) is 3.38. The fourth-order valence-electron chi connectivity index (χ4n) is 3.38. The average Bonchev–Trinajstić information content (AvgIpc) is 2.82. The van der Waals surface area contributed by atoms with Crippen molar-refractivity contribution in [2.75, 3.05) is 0 Å². The van der Waals surface area contributed by atoms with Crippen LogP contribution in [0.4, 0.5) is 0 Å². The minimum atomic E-state index is -0.506.